The molecule has 57 valence electrons. The molecule has 1 aromatic carbocycles. The number of carbonyl (C=O) groups is 1. The summed E-state index contributed by atoms with van der Waals surface area (Å²) < 4.78 is 0. The molecule has 1 rings (SSSR count). The van der Waals surface area contributed by atoms with Gasteiger partial charge in [0.1, 0.15) is 0 Å². The highest BCUT2D eigenvalue weighted by Crippen LogP contribution is 2.08. The van der Waals surface area contributed by atoms with Crippen LogP contribution in [0.5, 0.6) is 0 Å². The van der Waals surface area contributed by atoms with Crippen molar-refractivity contribution < 1.29 is 4.79 Å². The molecular formula is C9H10NO. The number of ketones is 1. The van der Waals surface area contributed by atoms with E-state index in [0.29, 0.717) is 0 Å². The van der Waals surface area contributed by atoms with E-state index in [1.54, 1.807) is 12.1 Å². The molecule has 0 bridgehead atoms. The lowest BCUT2D eigenvalue weighted by Gasteiger charge is -2.05. The second-order valence-corrected chi connectivity index (χ2v) is 2.41. The van der Waals surface area contributed by atoms with Gasteiger partial charge in [-0.05, 0) is 18.6 Å². The van der Waals surface area contributed by atoms with Crippen LogP contribution < -0.4 is 5.73 Å². The fourth-order valence-electron chi connectivity index (χ4n) is 0.820. The summed E-state index contributed by atoms with van der Waals surface area (Å²) in [5.74, 6) is -0.0348. The van der Waals surface area contributed by atoms with Crippen molar-refractivity contribution in [2.75, 3.05) is 0 Å². The van der Waals surface area contributed by atoms with Crippen LogP contribution in [0.15, 0.2) is 24.3 Å². The van der Waals surface area contributed by atoms with Gasteiger partial charge in [-0.1, -0.05) is 24.3 Å². The van der Waals surface area contributed by atoms with Gasteiger partial charge < -0.3 is 5.73 Å². The maximum absolute atomic E-state index is 10.8. The summed E-state index contributed by atoms with van der Waals surface area (Å²) in [6.45, 7) is 1.48. The topological polar surface area (TPSA) is 43.1 Å². The lowest BCUT2D eigenvalue weighted by atomic mass is 10.1. The van der Waals surface area contributed by atoms with E-state index in [9.17, 15) is 4.79 Å². The molecule has 0 saturated carbocycles. The quantitative estimate of drug-likeness (QED) is 0.681. The van der Waals surface area contributed by atoms with Gasteiger partial charge in [0, 0.05) is 0 Å². The third-order valence-corrected chi connectivity index (χ3v) is 1.51. The van der Waals surface area contributed by atoms with Gasteiger partial charge in [-0.2, -0.15) is 0 Å². The van der Waals surface area contributed by atoms with Crippen molar-refractivity contribution in [2.24, 2.45) is 5.73 Å². The van der Waals surface area contributed by atoms with E-state index >= 15 is 0 Å². The van der Waals surface area contributed by atoms with Gasteiger partial charge in [0.15, 0.2) is 5.78 Å². The van der Waals surface area contributed by atoms with Crippen molar-refractivity contribution in [2.45, 2.75) is 13.0 Å². The van der Waals surface area contributed by atoms with Gasteiger partial charge in [0.25, 0.3) is 0 Å². The molecule has 0 aliphatic rings. The van der Waals surface area contributed by atoms with Gasteiger partial charge in [-0.15, -0.1) is 0 Å². The predicted molar refractivity (Wildman–Crippen MR) is 42.9 cm³/mol. The van der Waals surface area contributed by atoms with Crippen LogP contribution in [0.4, 0.5) is 0 Å². The van der Waals surface area contributed by atoms with Crippen LogP contribution in [-0.2, 0) is 4.79 Å². The summed E-state index contributed by atoms with van der Waals surface area (Å²) in [6, 6.07) is 9.62. The summed E-state index contributed by atoms with van der Waals surface area (Å²) >= 11 is 0. The zero-order chi connectivity index (χ0) is 8.27. The fraction of sp³-hybridized carbons (Fsp3) is 0.222. The molecular weight excluding hydrogens is 138 g/mol. The van der Waals surface area contributed by atoms with Crippen molar-refractivity contribution in [3.8, 4) is 0 Å². The van der Waals surface area contributed by atoms with Crippen molar-refractivity contribution in [3.05, 3.63) is 35.9 Å². The highest BCUT2D eigenvalue weighted by atomic mass is 16.1. The average Bonchev–Trinajstić information content (AvgIpc) is 2.05. The molecule has 0 aliphatic heterocycles. The zero-order valence-electron chi connectivity index (χ0n) is 6.37. The van der Waals surface area contributed by atoms with Crippen LogP contribution in [0.25, 0.3) is 0 Å². The first kappa shape index (κ1) is 7.95. The molecule has 0 aromatic heterocycles. The molecule has 0 fully saturated rings. The number of rotatable bonds is 2. The van der Waals surface area contributed by atoms with Gasteiger partial charge in [0.2, 0.25) is 0 Å². The second-order valence-electron chi connectivity index (χ2n) is 2.41. The monoisotopic (exact) mass is 148 g/mol. The molecule has 0 heterocycles. The van der Waals surface area contributed by atoms with Crippen LogP contribution in [-0.4, -0.2) is 5.78 Å². The molecule has 2 N–H and O–H groups in total. The molecule has 1 atom stereocenters. The third-order valence-electron chi connectivity index (χ3n) is 1.51. The van der Waals surface area contributed by atoms with Crippen LogP contribution in [0, 0.1) is 6.07 Å². The number of Topliss-reactive ketones (excluding diaryl/α,β-unsaturated/α-hetero) is 1. The van der Waals surface area contributed by atoms with Crippen molar-refractivity contribution >= 4 is 5.78 Å². The molecule has 0 aliphatic carbocycles. The molecule has 2 nitrogen and oxygen atoms in total. The van der Waals surface area contributed by atoms with Crippen LogP contribution in [0.1, 0.15) is 18.5 Å². The van der Waals surface area contributed by atoms with Crippen LogP contribution >= 0.6 is 0 Å². The first-order valence-corrected chi connectivity index (χ1v) is 3.44. The SMILES string of the molecule is CC(=O)C(N)c1[c]cccc1. The van der Waals surface area contributed by atoms with E-state index in [1.165, 1.54) is 6.92 Å². The van der Waals surface area contributed by atoms with Crippen LogP contribution in [0.3, 0.4) is 0 Å². The molecule has 2 heteroatoms. The van der Waals surface area contributed by atoms with Gasteiger partial charge >= 0.3 is 0 Å². The van der Waals surface area contributed by atoms with Gasteiger partial charge in [0.05, 0.1) is 6.04 Å². The maximum Gasteiger partial charge on any atom is 0.151 e. The summed E-state index contributed by atoms with van der Waals surface area (Å²) in [5.41, 5.74) is 6.31. The Bertz CT molecular complexity index is 243. The predicted octanol–water partition coefficient (Wildman–Crippen LogP) is 1.08. The van der Waals surface area contributed by atoms with E-state index in [-0.39, 0.29) is 5.78 Å². The Balaban J connectivity index is 2.85. The highest BCUT2D eigenvalue weighted by Gasteiger charge is 2.09. The third kappa shape index (κ3) is 1.88. The summed E-state index contributed by atoms with van der Waals surface area (Å²) in [7, 11) is 0. The highest BCUT2D eigenvalue weighted by molar-refractivity contribution is 5.82. The molecule has 0 saturated heterocycles. The molecule has 1 aromatic rings. The Hall–Kier alpha value is -1.15. The summed E-state index contributed by atoms with van der Waals surface area (Å²) in [6.07, 6.45) is 0. The Morgan fingerprint density at radius 3 is 2.82 bits per heavy atom. The molecule has 11 heavy (non-hydrogen) atoms. The Labute approximate surface area is 66.0 Å². The summed E-state index contributed by atoms with van der Waals surface area (Å²) in [4.78, 5) is 10.8. The van der Waals surface area contributed by atoms with Crippen molar-refractivity contribution in [1.29, 1.82) is 0 Å². The molecule has 0 spiro atoms. The van der Waals surface area contributed by atoms with Crippen LogP contribution in [0.2, 0.25) is 0 Å². The number of hydrogen-bond donors (Lipinski definition) is 1. The van der Waals surface area contributed by atoms with Gasteiger partial charge in [-0.25, -0.2) is 0 Å². The summed E-state index contributed by atoms with van der Waals surface area (Å²) in [5, 5.41) is 0. The Morgan fingerprint density at radius 1 is 1.64 bits per heavy atom. The second kappa shape index (κ2) is 3.30. The molecule has 0 amide bonds. The minimum atomic E-state index is -0.517. The Kier molecular flexibility index (Phi) is 2.39. The van der Waals surface area contributed by atoms with E-state index in [0.717, 1.165) is 5.56 Å². The molecule has 1 radical (unpaired) electrons. The van der Waals surface area contributed by atoms with Gasteiger partial charge in [-0.3, -0.25) is 4.79 Å². The van der Waals surface area contributed by atoms with E-state index in [2.05, 4.69) is 6.07 Å². The maximum atomic E-state index is 10.8. The fourth-order valence-corrected chi connectivity index (χ4v) is 0.820. The number of benzene rings is 1. The minimum absolute atomic E-state index is 0.0348. The lowest BCUT2D eigenvalue weighted by molar-refractivity contribution is -0.118. The molecule has 1 unspecified atom stereocenters. The van der Waals surface area contributed by atoms with E-state index in [1.807, 2.05) is 12.1 Å². The normalized spacial score (nSPS) is 12.5. The van der Waals surface area contributed by atoms with Crippen molar-refractivity contribution in [1.82, 2.24) is 0 Å². The first-order chi connectivity index (χ1) is 5.22. The smallest absolute Gasteiger partial charge is 0.151 e. The number of carbonyl (C=O) groups excluding carboxylic acids is 1. The van der Waals surface area contributed by atoms with Crippen molar-refractivity contribution in [3.63, 3.8) is 0 Å². The zero-order valence-corrected chi connectivity index (χ0v) is 6.37. The van der Waals surface area contributed by atoms with E-state index < -0.39 is 6.04 Å². The average molecular weight is 148 g/mol. The largest absolute Gasteiger partial charge is 0.318 e. The number of nitrogens with two attached hydrogens (primary N) is 1. The Morgan fingerprint density at radius 2 is 2.36 bits per heavy atom. The van der Waals surface area contributed by atoms with E-state index in [4.69, 9.17) is 5.73 Å². The standard InChI is InChI=1S/C9H10NO/c1-7(11)9(10)8-5-3-2-4-6-8/h2-5,9H,10H2,1H3. The minimum Gasteiger partial charge on any atom is -0.318 e. The lowest BCUT2D eigenvalue weighted by Crippen LogP contribution is -2.18. The first-order valence-electron chi connectivity index (χ1n) is 3.44. The number of hydrogen-bond acceptors (Lipinski definition) is 2.